The van der Waals surface area contributed by atoms with Crippen molar-refractivity contribution >= 4 is 5.91 Å². The van der Waals surface area contributed by atoms with E-state index in [9.17, 15) is 4.79 Å². The van der Waals surface area contributed by atoms with Crippen LogP contribution in [0.4, 0.5) is 0 Å². The Bertz CT molecular complexity index is 251. The lowest BCUT2D eigenvalue weighted by Gasteiger charge is -2.23. The maximum atomic E-state index is 11.6. The van der Waals surface area contributed by atoms with E-state index in [1.165, 1.54) is 0 Å². The minimum atomic E-state index is -0.258. The fraction of sp³-hybridized carbons (Fsp3) is 0.923. The number of piperidine rings is 1. The molecule has 0 aliphatic carbocycles. The second-order valence-electron chi connectivity index (χ2n) is 5.67. The molecule has 0 unspecified atom stereocenters. The number of hydrogen-bond acceptors (Lipinski definition) is 4. The summed E-state index contributed by atoms with van der Waals surface area (Å²) in [6.07, 6.45) is 2.75. The van der Waals surface area contributed by atoms with Gasteiger partial charge in [0.1, 0.15) is 0 Å². The molecule has 5 nitrogen and oxygen atoms in total. The van der Waals surface area contributed by atoms with Crippen LogP contribution in [0.1, 0.15) is 33.1 Å². The standard InChI is InChI=1S/C13H26N2O3/c1-13(2,10-16)9-15-12(17)5-8-18-11-3-6-14-7-4-11/h11,14,16H,3-10H2,1-2H3,(H,15,17). The summed E-state index contributed by atoms with van der Waals surface area (Å²) in [7, 11) is 0. The molecule has 0 aromatic heterocycles. The lowest BCUT2D eigenvalue weighted by atomic mass is 9.95. The van der Waals surface area contributed by atoms with E-state index in [0.717, 1.165) is 25.9 Å². The molecule has 1 aliphatic rings. The van der Waals surface area contributed by atoms with Crippen molar-refractivity contribution in [2.45, 2.75) is 39.2 Å². The second-order valence-corrected chi connectivity index (χ2v) is 5.67. The van der Waals surface area contributed by atoms with Crippen LogP contribution in [-0.2, 0) is 9.53 Å². The average molecular weight is 258 g/mol. The highest BCUT2D eigenvalue weighted by molar-refractivity contribution is 5.75. The number of ether oxygens (including phenoxy) is 1. The smallest absolute Gasteiger partial charge is 0.222 e. The zero-order valence-electron chi connectivity index (χ0n) is 11.5. The van der Waals surface area contributed by atoms with Gasteiger partial charge in [0, 0.05) is 25.0 Å². The first kappa shape index (κ1) is 15.4. The summed E-state index contributed by atoms with van der Waals surface area (Å²) >= 11 is 0. The average Bonchev–Trinajstić information content (AvgIpc) is 2.38. The SMILES string of the molecule is CC(C)(CO)CNC(=O)CCOC1CCNCC1. The van der Waals surface area contributed by atoms with Gasteiger partial charge in [-0.2, -0.15) is 0 Å². The Kier molecular flexibility index (Phi) is 6.60. The first-order chi connectivity index (χ1) is 8.53. The van der Waals surface area contributed by atoms with Crippen molar-refractivity contribution in [3.63, 3.8) is 0 Å². The Balaban J connectivity index is 2.06. The van der Waals surface area contributed by atoms with E-state index < -0.39 is 0 Å². The molecule has 0 aromatic rings. The molecule has 1 fully saturated rings. The van der Waals surface area contributed by atoms with Crippen molar-refractivity contribution in [1.29, 1.82) is 0 Å². The van der Waals surface area contributed by atoms with Crippen molar-refractivity contribution in [3.05, 3.63) is 0 Å². The molecular formula is C13H26N2O3. The van der Waals surface area contributed by atoms with Crippen LogP contribution < -0.4 is 10.6 Å². The predicted octanol–water partition coefficient (Wildman–Crippen LogP) is 0.280. The lowest BCUT2D eigenvalue weighted by molar-refractivity contribution is -0.123. The molecule has 18 heavy (non-hydrogen) atoms. The Hall–Kier alpha value is -0.650. The molecule has 1 aliphatic heterocycles. The van der Waals surface area contributed by atoms with Gasteiger partial charge in [-0.1, -0.05) is 13.8 Å². The van der Waals surface area contributed by atoms with Crippen LogP contribution in [0, 0.1) is 5.41 Å². The van der Waals surface area contributed by atoms with Crippen molar-refractivity contribution in [2.24, 2.45) is 5.41 Å². The third-order valence-corrected chi connectivity index (χ3v) is 3.16. The monoisotopic (exact) mass is 258 g/mol. The minimum Gasteiger partial charge on any atom is -0.396 e. The maximum Gasteiger partial charge on any atom is 0.222 e. The molecule has 0 spiro atoms. The lowest BCUT2D eigenvalue weighted by Crippen LogP contribution is -2.37. The minimum absolute atomic E-state index is 0.00883. The third-order valence-electron chi connectivity index (χ3n) is 3.16. The number of nitrogens with one attached hydrogen (secondary N) is 2. The van der Waals surface area contributed by atoms with Gasteiger partial charge in [0.05, 0.1) is 12.7 Å². The van der Waals surface area contributed by atoms with E-state index in [2.05, 4.69) is 10.6 Å². The third kappa shape index (κ3) is 6.33. The molecule has 0 radical (unpaired) electrons. The predicted molar refractivity (Wildman–Crippen MR) is 70.3 cm³/mol. The molecule has 1 heterocycles. The first-order valence-corrected chi connectivity index (χ1v) is 6.73. The molecule has 5 heteroatoms. The summed E-state index contributed by atoms with van der Waals surface area (Å²) in [5, 5.41) is 15.2. The fourth-order valence-corrected chi connectivity index (χ4v) is 1.76. The number of carbonyl (C=O) groups excluding carboxylic acids is 1. The van der Waals surface area contributed by atoms with Gasteiger partial charge in [0.2, 0.25) is 5.91 Å². The summed E-state index contributed by atoms with van der Waals surface area (Å²) in [4.78, 5) is 11.6. The summed E-state index contributed by atoms with van der Waals surface area (Å²) in [6.45, 7) is 6.88. The van der Waals surface area contributed by atoms with E-state index in [4.69, 9.17) is 9.84 Å². The van der Waals surface area contributed by atoms with Crippen molar-refractivity contribution in [3.8, 4) is 0 Å². The van der Waals surface area contributed by atoms with Crippen LogP contribution in [0.2, 0.25) is 0 Å². The molecule has 1 rings (SSSR count). The topological polar surface area (TPSA) is 70.6 Å². The zero-order chi connectivity index (χ0) is 13.4. The molecule has 1 amide bonds. The van der Waals surface area contributed by atoms with Crippen molar-refractivity contribution in [1.82, 2.24) is 10.6 Å². The van der Waals surface area contributed by atoms with Crippen molar-refractivity contribution < 1.29 is 14.6 Å². The molecule has 0 bridgehead atoms. The molecular weight excluding hydrogens is 232 g/mol. The van der Waals surface area contributed by atoms with Crippen LogP contribution in [0.5, 0.6) is 0 Å². The summed E-state index contributed by atoms with van der Waals surface area (Å²) in [5.74, 6) is -0.00883. The molecule has 0 saturated carbocycles. The van der Waals surface area contributed by atoms with Gasteiger partial charge in [-0.05, 0) is 25.9 Å². The van der Waals surface area contributed by atoms with Gasteiger partial charge >= 0.3 is 0 Å². The molecule has 0 atom stereocenters. The highest BCUT2D eigenvalue weighted by atomic mass is 16.5. The van der Waals surface area contributed by atoms with Crippen LogP contribution in [0.25, 0.3) is 0 Å². The van der Waals surface area contributed by atoms with E-state index in [-0.39, 0.29) is 17.9 Å². The van der Waals surface area contributed by atoms with Gasteiger partial charge in [0.15, 0.2) is 0 Å². The molecule has 106 valence electrons. The van der Waals surface area contributed by atoms with Gasteiger partial charge in [-0.3, -0.25) is 4.79 Å². The Labute approximate surface area is 109 Å². The van der Waals surface area contributed by atoms with Gasteiger partial charge in [-0.25, -0.2) is 0 Å². The van der Waals surface area contributed by atoms with Gasteiger partial charge < -0.3 is 20.5 Å². The number of aliphatic hydroxyl groups is 1. The van der Waals surface area contributed by atoms with Crippen LogP contribution in [0.3, 0.4) is 0 Å². The highest BCUT2D eigenvalue weighted by Gasteiger charge is 2.18. The van der Waals surface area contributed by atoms with Crippen LogP contribution >= 0.6 is 0 Å². The van der Waals surface area contributed by atoms with E-state index in [1.54, 1.807) is 0 Å². The normalized spacial score (nSPS) is 17.7. The number of rotatable bonds is 7. The molecule has 1 saturated heterocycles. The Morgan fingerprint density at radius 3 is 2.72 bits per heavy atom. The summed E-state index contributed by atoms with van der Waals surface area (Å²) < 4.78 is 5.66. The number of amides is 1. The summed E-state index contributed by atoms with van der Waals surface area (Å²) in [5.41, 5.74) is -0.258. The highest BCUT2D eigenvalue weighted by Crippen LogP contribution is 2.11. The summed E-state index contributed by atoms with van der Waals surface area (Å²) in [6, 6.07) is 0. The second kappa shape index (κ2) is 7.71. The van der Waals surface area contributed by atoms with E-state index in [1.807, 2.05) is 13.8 Å². The Morgan fingerprint density at radius 2 is 2.11 bits per heavy atom. The van der Waals surface area contributed by atoms with E-state index in [0.29, 0.717) is 25.7 Å². The Morgan fingerprint density at radius 1 is 1.44 bits per heavy atom. The van der Waals surface area contributed by atoms with Crippen LogP contribution in [0.15, 0.2) is 0 Å². The van der Waals surface area contributed by atoms with Gasteiger partial charge in [0.25, 0.3) is 0 Å². The largest absolute Gasteiger partial charge is 0.396 e. The first-order valence-electron chi connectivity index (χ1n) is 6.73. The number of aliphatic hydroxyl groups excluding tert-OH is 1. The van der Waals surface area contributed by atoms with E-state index >= 15 is 0 Å². The molecule has 0 aromatic carbocycles. The quantitative estimate of drug-likeness (QED) is 0.613. The fourth-order valence-electron chi connectivity index (χ4n) is 1.76. The zero-order valence-corrected chi connectivity index (χ0v) is 11.5. The number of hydrogen-bond donors (Lipinski definition) is 3. The number of carbonyl (C=O) groups is 1. The molecule has 3 N–H and O–H groups in total. The van der Waals surface area contributed by atoms with Crippen LogP contribution in [-0.4, -0.2) is 50.0 Å². The van der Waals surface area contributed by atoms with Gasteiger partial charge in [-0.15, -0.1) is 0 Å². The maximum absolute atomic E-state index is 11.6. The van der Waals surface area contributed by atoms with Crippen molar-refractivity contribution in [2.75, 3.05) is 32.8 Å².